The van der Waals surface area contributed by atoms with Crippen LogP contribution in [0.25, 0.3) is 5.57 Å². The molecule has 1 aliphatic carbocycles. The zero-order valence-electron chi connectivity index (χ0n) is 18.9. The molecule has 0 bridgehead atoms. The van der Waals surface area contributed by atoms with Crippen molar-refractivity contribution >= 4 is 108 Å². The maximum absolute atomic E-state index is 10.2. The molecule has 1 aliphatic rings. The molecule has 0 aliphatic heterocycles. The van der Waals surface area contributed by atoms with Gasteiger partial charge in [-0.15, -0.1) is 0 Å². The van der Waals surface area contributed by atoms with Gasteiger partial charge in [-0.3, -0.25) is 0 Å². The van der Waals surface area contributed by atoms with Crippen LogP contribution in [0.1, 0.15) is 12.0 Å². The monoisotopic (exact) mass is 431 g/mol. The third-order valence-corrected chi connectivity index (χ3v) is 5.58. The summed E-state index contributed by atoms with van der Waals surface area (Å²) in [7, 11) is 66.9. The Balaban J connectivity index is 3.07. The molecule has 14 heteroatoms. The first-order chi connectivity index (χ1) is 16.1. The molecule has 35 heavy (non-hydrogen) atoms. The van der Waals surface area contributed by atoms with Crippen molar-refractivity contribution in [3.63, 3.8) is 0 Å². The quantitative estimate of drug-likeness (QED) is 0.272. The first kappa shape index (κ1) is 28.9. The SMILES string of the molecule is [B]C(=C)/C([B])=C(/[B])C1=C(C([B])/C([B])=C(/[B])C([B])=C)CC(=[B])C(c2c([B])c(O)c(O)c(O)c2[B])=C1[B]. The van der Waals surface area contributed by atoms with E-state index in [0.29, 0.717) is 0 Å². The number of rotatable bonds is 6. The van der Waals surface area contributed by atoms with Crippen LogP contribution in [0, 0.1) is 0 Å². The molecule has 0 aromatic heterocycles. The van der Waals surface area contributed by atoms with Crippen LogP contribution in [0.15, 0.2) is 62.6 Å². The van der Waals surface area contributed by atoms with Crippen LogP contribution in [0.5, 0.6) is 17.2 Å². The Labute approximate surface area is 220 Å². The topological polar surface area (TPSA) is 60.7 Å². The summed E-state index contributed by atoms with van der Waals surface area (Å²) in [4.78, 5) is 0. The van der Waals surface area contributed by atoms with E-state index in [1.165, 1.54) is 0 Å². The van der Waals surface area contributed by atoms with Crippen molar-refractivity contribution in [1.29, 1.82) is 0 Å². The molecule has 1 unspecified atom stereocenters. The van der Waals surface area contributed by atoms with Crippen molar-refractivity contribution in [1.82, 2.24) is 0 Å². The van der Waals surface area contributed by atoms with Crippen molar-refractivity contribution in [2.45, 2.75) is 12.2 Å². The summed E-state index contributed by atoms with van der Waals surface area (Å²) in [5.74, 6) is -3.72. The van der Waals surface area contributed by atoms with E-state index in [-0.39, 0.29) is 72.5 Å². The Morgan fingerprint density at radius 3 is 1.66 bits per heavy atom. The summed E-state index contributed by atoms with van der Waals surface area (Å²) < 4.78 is 0. The molecule has 0 spiro atoms. The van der Waals surface area contributed by atoms with Crippen LogP contribution in [0.2, 0.25) is 5.82 Å². The molecular formula is C21H10B11O3. The predicted octanol–water partition coefficient (Wildman–Crippen LogP) is -2.27. The Kier molecular flexibility index (Phi) is 8.85. The van der Waals surface area contributed by atoms with Gasteiger partial charge in [0.05, 0.1) is 0 Å². The average Bonchev–Trinajstić information content (AvgIpc) is 2.80. The Hall–Kier alpha value is -2.36. The van der Waals surface area contributed by atoms with E-state index in [0.717, 1.165) is 0 Å². The van der Waals surface area contributed by atoms with Gasteiger partial charge in [-0.05, 0) is 0 Å². The van der Waals surface area contributed by atoms with Gasteiger partial charge in [0, 0.05) is 0 Å². The van der Waals surface area contributed by atoms with Gasteiger partial charge < -0.3 is 0 Å². The van der Waals surface area contributed by atoms with E-state index >= 15 is 0 Å². The van der Waals surface area contributed by atoms with Crippen molar-refractivity contribution in [2.75, 3.05) is 0 Å². The van der Waals surface area contributed by atoms with Gasteiger partial charge in [0.2, 0.25) is 0 Å². The molecule has 0 saturated heterocycles. The number of hydrogen-bond acceptors (Lipinski definition) is 3. The standard InChI is InChI=1S/C21H10B11O3/c1-4(22)11(25)15(29)8-6(13(27)18(32)12(26)5(2)23)3-7(24)9(14(8)28)10-16(30)19(33)21(35)20(34)17(10)31/h13,33-35H,1-3H2/b15-11-,18-12-. The second kappa shape index (κ2) is 10.7. The second-order valence-electron chi connectivity index (χ2n) is 7.86. The summed E-state index contributed by atoms with van der Waals surface area (Å²) in [5.41, 5.74) is -1.20. The summed E-state index contributed by atoms with van der Waals surface area (Å²) in [6.45, 7) is 7.10. The minimum atomic E-state index is -1.11. The van der Waals surface area contributed by atoms with E-state index in [1.54, 1.807) is 0 Å². The Bertz CT molecular complexity index is 1270. The summed E-state index contributed by atoms with van der Waals surface area (Å²) in [6.07, 6.45) is -0.121. The Morgan fingerprint density at radius 2 is 1.23 bits per heavy atom. The molecule has 1 aromatic rings. The summed E-state index contributed by atoms with van der Waals surface area (Å²) in [6, 6.07) is 0. The fourth-order valence-corrected chi connectivity index (χ4v) is 3.60. The van der Waals surface area contributed by atoms with Gasteiger partial charge in [-0.1, -0.05) is 0 Å². The second-order valence-corrected chi connectivity index (χ2v) is 7.86. The molecule has 0 fully saturated rings. The molecule has 0 saturated carbocycles. The van der Waals surface area contributed by atoms with Gasteiger partial charge in [-0.25, -0.2) is 0 Å². The molecule has 0 heterocycles. The van der Waals surface area contributed by atoms with Crippen LogP contribution in [0.4, 0.5) is 0 Å². The third-order valence-electron chi connectivity index (χ3n) is 5.58. The zero-order chi connectivity index (χ0) is 27.1. The zero-order valence-corrected chi connectivity index (χ0v) is 18.9. The number of phenolic OH excluding ortho intramolecular Hbond substituents is 3. The van der Waals surface area contributed by atoms with E-state index in [1.807, 2.05) is 0 Å². The van der Waals surface area contributed by atoms with E-state index in [9.17, 15) is 15.3 Å². The van der Waals surface area contributed by atoms with Crippen molar-refractivity contribution in [3.05, 3.63) is 68.2 Å². The molecule has 21 radical (unpaired) electrons. The number of aromatic hydroxyl groups is 3. The average molecular weight is 429 g/mol. The van der Waals surface area contributed by atoms with E-state index < -0.39 is 34.0 Å². The van der Waals surface area contributed by atoms with Gasteiger partial charge in [0.15, 0.2) is 0 Å². The summed E-state index contributed by atoms with van der Waals surface area (Å²) >= 11 is 0. The van der Waals surface area contributed by atoms with Gasteiger partial charge in [0.25, 0.3) is 0 Å². The minimum absolute atomic E-state index is 0.00584. The molecule has 2 rings (SSSR count). The third kappa shape index (κ3) is 5.13. The van der Waals surface area contributed by atoms with Crippen LogP contribution >= 0.6 is 0 Å². The molecule has 3 nitrogen and oxygen atoms in total. The first-order valence-electron chi connectivity index (χ1n) is 9.88. The number of phenols is 3. The van der Waals surface area contributed by atoms with Crippen LogP contribution in [-0.2, 0) is 0 Å². The molecule has 0 amide bonds. The number of allylic oxidation sites excluding steroid dienone is 10. The normalized spacial score (nSPS) is 16.5. The molecular weight excluding hydrogens is 419 g/mol. The van der Waals surface area contributed by atoms with Gasteiger partial charge >= 0.3 is 221 Å². The van der Waals surface area contributed by atoms with Gasteiger partial charge in [0.1, 0.15) is 0 Å². The van der Waals surface area contributed by atoms with E-state index in [2.05, 4.69) is 13.2 Å². The maximum atomic E-state index is 10.2. The van der Waals surface area contributed by atoms with Crippen molar-refractivity contribution in [3.8, 4) is 17.2 Å². The number of benzene rings is 1. The fourth-order valence-electron chi connectivity index (χ4n) is 3.60. The van der Waals surface area contributed by atoms with Crippen molar-refractivity contribution in [2.24, 2.45) is 0 Å². The molecule has 1 atom stereocenters. The molecule has 3 N–H and O–H groups in total. The van der Waals surface area contributed by atoms with Crippen LogP contribution in [0.3, 0.4) is 0 Å². The molecule has 1 aromatic carbocycles. The predicted molar refractivity (Wildman–Crippen MR) is 154 cm³/mol. The fraction of sp³-hybridized carbons (Fsp3) is 0.0952. The number of hydrogen-bond donors (Lipinski definition) is 3. The van der Waals surface area contributed by atoms with E-state index in [4.69, 9.17) is 86.0 Å². The first-order valence-corrected chi connectivity index (χ1v) is 9.88. The molecule has 145 valence electrons. The van der Waals surface area contributed by atoms with Crippen molar-refractivity contribution < 1.29 is 15.3 Å². The van der Waals surface area contributed by atoms with Crippen LogP contribution < -0.4 is 10.9 Å². The van der Waals surface area contributed by atoms with Gasteiger partial charge in [-0.2, -0.15) is 0 Å². The Morgan fingerprint density at radius 1 is 0.771 bits per heavy atom. The summed E-state index contributed by atoms with van der Waals surface area (Å²) in [5, 5.41) is 30.2. The van der Waals surface area contributed by atoms with Crippen LogP contribution in [-0.4, -0.2) is 107 Å².